The smallest absolute Gasteiger partial charge is 0.157 e. The summed E-state index contributed by atoms with van der Waals surface area (Å²) in [7, 11) is 0. The van der Waals surface area contributed by atoms with Gasteiger partial charge in [-0.25, -0.2) is 4.68 Å². The zero-order valence-corrected chi connectivity index (χ0v) is 10.7. The Morgan fingerprint density at radius 3 is 2.41 bits per heavy atom. The van der Waals surface area contributed by atoms with Crippen LogP contribution < -0.4 is 0 Å². The first-order chi connectivity index (χ1) is 7.91. The monoisotopic (exact) mass is 230 g/mol. The molecule has 0 unspecified atom stereocenters. The molecule has 0 bridgehead atoms. The average molecular weight is 230 g/mol. The Balaban J connectivity index is 2.66. The van der Waals surface area contributed by atoms with Crippen LogP contribution in [0.15, 0.2) is 30.5 Å². The molecule has 0 aliphatic carbocycles. The number of aromatic hydroxyl groups is 1. The van der Waals surface area contributed by atoms with Crippen LogP contribution in [0.1, 0.15) is 32.0 Å². The zero-order chi connectivity index (χ0) is 12.6. The number of benzene rings is 1. The van der Waals surface area contributed by atoms with Crippen LogP contribution >= 0.6 is 0 Å². The van der Waals surface area contributed by atoms with Crippen LogP contribution in [0.4, 0.5) is 0 Å². The average Bonchev–Trinajstić information content (AvgIpc) is 2.60. The van der Waals surface area contributed by atoms with E-state index in [-0.39, 0.29) is 11.2 Å². The number of hydrogen-bond donors (Lipinski definition) is 1. The molecule has 0 saturated heterocycles. The number of para-hydroxylation sites is 1. The summed E-state index contributed by atoms with van der Waals surface area (Å²) in [5.41, 5.74) is 2.84. The fourth-order valence-electron chi connectivity index (χ4n) is 2.03. The molecule has 0 saturated carbocycles. The molecule has 1 aromatic heterocycles. The van der Waals surface area contributed by atoms with Crippen molar-refractivity contribution in [2.24, 2.45) is 0 Å². The van der Waals surface area contributed by atoms with Crippen LogP contribution in [0.2, 0.25) is 0 Å². The van der Waals surface area contributed by atoms with Crippen molar-refractivity contribution in [1.82, 2.24) is 9.78 Å². The highest BCUT2D eigenvalue weighted by Crippen LogP contribution is 2.32. The molecule has 0 fully saturated rings. The van der Waals surface area contributed by atoms with Crippen LogP contribution in [0, 0.1) is 6.92 Å². The van der Waals surface area contributed by atoms with E-state index >= 15 is 0 Å². The van der Waals surface area contributed by atoms with Gasteiger partial charge < -0.3 is 5.11 Å². The summed E-state index contributed by atoms with van der Waals surface area (Å²) < 4.78 is 1.82. The molecular weight excluding hydrogens is 212 g/mol. The highest BCUT2D eigenvalue weighted by molar-refractivity contribution is 5.44. The Morgan fingerprint density at radius 2 is 1.82 bits per heavy atom. The molecule has 0 aliphatic heterocycles. The Morgan fingerprint density at radius 1 is 1.18 bits per heavy atom. The van der Waals surface area contributed by atoms with Crippen molar-refractivity contribution >= 4 is 0 Å². The van der Waals surface area contributed by atoms with Gasteiger partial charge in [0.15, 0.2) is 5.75 Å². The lowest BCUT2D eigenvalue weighted by Crippen LogP contribution is -2.18. The van der Waals surface area contributed by atoms with E-state index in [1.807, 2.05) is 35.9 Å². The molecule has 17 heavy (non-hydrogen) atoms. The molecule has 0 radical (unpaired) electrons. The summed E-state index contributed by atoms with van der Waals surface area (Å²) in [5.74, 6) is 0.251. The van der Waals surface area contributed by atoms with Crippen molar-refractivity contribution in [1.29, 1.82) is 0 Å². The number of aromatic nitrogens is 2. The topological polar surface area (TPSA) is 38.0 Å². The molecule has 1 N–H and O–H groups in total. The first kappa shape index (κ1) is 11.7. The van der Waals surface area contributed by atoms with Crippen molar-refractivity contribution in [3.05, 3.63) is 41.7 Å². The van der Waals surface area contributed by atoms with E-state index in [4.69, 9.17) is 0 Å². The number of hydrogen-bond acceptors (Lipinski definition) is 2. The third kappa shape index (κ3) is 2.05. The fraction of sp³-hybridized carbons (Fsp3) is 0.357. The molecule has 90 valence electrons. The lowest BCUT2D eigenvalue weighted by molar-refractivity contribution is 0.439. The first-order valence-corrected chi connectivity index (χ1v) is 5.75. The third-order valence-corrected chi connectivity index (χ3v) is 2.80. The summed E-state index contributed by atoms with van der Waals surface area (Å²) in [5, 5.41) is 14.2. The summed E-state index contributed by atoms with van der Waals surface area (Å²) in [6, 6.07) is 8.03. The highest BCUT2D eigenvalue weighted by Gasteiger charge is 2.24. The maximum absolute atomic E-state index is 9.94. The van der Waals surface area contributed by atoms with E-state index in [0.717, 1.165) is 16.9 Å². The highest BCUT2D eigenvalue weighted by atomic mass is 16.3. The predicted molar refractivity (Wildman–Crippen MR) is 68.7 cm³/mol. The van der Waals surface area contributed by atoms with Gasteiger partial charge in [-0.3, -0.25) is 0 Å². The van der Waals surface area contributed by atoms with E-state index in [2.05, 4.69) is 25.9 Å². The van der Waals surface area contributed by atoms with Gasteiger partial charge in [-0.2, -0.15) is 5.10 Å². The zero-order valence-electron chi connectivity index (χ0n) is 10.7. The first-order valence-electron chi connectivity index (χ1n) is 5.75. The standard InChI is InChI=1S/C14H18N2O/c1-10-7-5-6-8-11(10)16-13(14(2,3)4)12(17)9-15-16/h5-9,17H,1-4H3. The van der Waals surface area contributed by atoms with Crippen LogP contribution in [0.5, 0.6) is 5.75 Å². The van der Waals surface area contributed by atoms with E-state index < -0.39 is 0 Å². The Hall–Kier alpha value is -1.77. The van der Waals surface area contributed by atoms with Crippen LogP contribution in [-0.2, 0) is 5.41 Å². The summed E-state index contributed by atoms with van der Waals surface area (Å²) in [6.45, 7) is 8.25. The minimum Gasteiger partial charge on any atom is -0.504 e. The van der Waals surface area contributed by atoms with Crippen molar-refractivity contribution in [2.75, 3.05) is 0 Å². The van der Waals surface area contributed by atoms with Gasteiger partial charge in [0.1, 0.15) is 0 Å². The van der Waals surface area contributed by atoms with Gasteiger partial charge in [0, 0.05) is 5.41 Å². The largest absolute Gasteiger partial charge is 0.504 e. The molecule has 0 spiro atoms. The summed E-state index contributed by atoms with van der Waals surface area (Å²) in [4.78, 5) is 0. The molecule has 1 aromatic carbocycles. The lowest BCUT2D eigenvalue weighted by Gasteiger charge is -2.21. The van der Waals surface area contributed by atoms with Crippen LogP contribution in [0.3, 0.4) is 0 Å². The summed E-state index contributed by atoms with van der Waals surface area (Å²) >= 11 is 0. The second-order valence-corrected chi connectivity index (χ2v) is 5.33. The number of aryl methyl sites for hydroxylation is 1. The van der Waals surface area contributed by atoms with E-state index in [1.165, 1.54) is 6.20 Å². The van der Waals surface area contributed by atoms with E-state index in [9.17, 15) is 5.11 Å². The van der Waals surface area contributed by atoms with Crippen LogP contribution in [0.25, 0.3) is 5.69 Å². The van der Waals surface area contributed by atoms with Gasteiger partial charge in [0.05, 0.1) is 17.6 Å². The Bertz CT molecular complexity index is 535. The van der Waals surface area contributed by atoms with E-state index in [0.29, 0.717) is 0 Å². The maximum atomic E-state index is 9.94. The molecular formula is C14H18N2O. The van der Waals surface area contributed by atoms with Crippen molar-refractivity contribution in [3.63, 3.8) is 0 Å². The van der Waals surface area contributed by atoms with Gasteiger partial charge in [-0.1, -0.05) is 39.0 Å². The van der Waals surface area contributed by atoms with Crippen molar-refractivity contribution in [3.8, 4) is 11.4 Å². The Labute approximate surface area is 102 Å². The molecule has 0 atom stereocenters. The number of rotatable bonds is 1. The Kier molecular flexibility index (Phi) is 2.69. The molecule has 3 nitrogen and oxygen atoms in total. The van der Waals surface area contributed by atoms with Crippen LogP contribution in [-0.4, -0.2) is 14.9 Å². The second kappa shape index (κ2) is 3.91. The SMILES string of the molecule is Cc1ccccc1-n1ncc(O)c1C(C)(C)C. The van der Waals surface area contributed by atoms with Crippen molar-refractivity contribution < 1.29 is 5.11 Å². The van der Waals surface area contributed by atoms with Gasteiger partial charge in [0.2, 0.25) is 0 Å². The lowest BCUT2D eigenvalue weighted by atomic mass is 9.91. The second-order valence-electron chi connectivity index (χ2n) is 5.33. The van der Waals surface area contributed by atoms with Gasteiger partial charge in [-0.15, -0.1) is 0 Å². The minimum atomic E-state index is -0.150. The molecule has 1 heterocycles. The third-order valence-electron chi connectivity index (χ3n) is 2.80. The molecule has 0 aliphatic rings. The predicted octanol–water partition coefficient (Wildman–Crippen LogP) is 3.18. The van der Waals surface area contributed by atoms with Crippen molar-refractivity contribution in [2.45, 2.75) is 33.1 Å². The minimum absolute atomic E-state index is 0.150. The fourth-order valence-corrected chi connectivity index (χ4v) is 2.03. The van der Waals surface area contributed by atoms with Gasteiger partial charge >= 0.3 is 0 Å². The summed E-state index contributed by atoms with van der Waals surface area (Å²) in [6.07, 6.45) is 1.51. The van der Waals surface area contributed by atoms with Gasteiger partial charge in [0.25, 0.3) is 0 Å². The molecule has 2 aromatic rings. The molecule has 0 amide bonds. The number of nitrogens with zero attached hydrogens (tertiary/aromatic N) is 2. The molecule has 2 rings (SSSR count). The maximum Gasteiger partial charge on any atom is 0.157 e. The normalized spacial score (nSPS) is 11.8. The molecule has 3 heteroatoms. The van der Waals surface area contributed by atoms with Gasteiger partial charge in [-0.05, 0) is 18.6 Å². The quantitative estimate of drug-likeness (QED) is 0.817. The van der Waals surface area contributed by atoms with E-state index in [1.54, 1.807) is 0 Å².